The van der Waals surface area contributed by atoms with Crippen LogP contribution >= 0.6 is 11.3 Å². The molecular weight excluding hydrogens is 200 g/mol. The van der Waals surface area contributed by atoms with Gasteiger partial charge in [-0.05, 0) is 20.8 Å². The summed E-state index contributed by atoms with van der Waals surface area (Å²) in [7, 11) is 0. The Morgan fingerprint density at radius 1 is 1.71 bits per heavy atom. The smallest absolute Gasteiger partial charge is 0.355 e. The van der Waals surface area contributed by atoms with Crippen molar-refractivity contribution in [1.82, 2.24) is 4.98 Å². The van der Waals surface area contributed by atoms with Crippen molar-refractivity contribution in [1.29, 1.82) is 0 Å². The van der Waals surface area contributed by atoms with Crippen molar-refractivity contribution in [3.05, 3.63) is 11.1 Å². The lowest BCUT2D eigenvalue weighted by Gasteiger charge is -2.23. The maximum Gasteiger partial charge on any atom is 0.355 e. The molecule has 1 aromatic heterocycles. The zero-order chi connectivity index (χ0) is 10.7. The maximum absolute atomic E-state index is 10.6. The minimum atomic E-state index is -0.965. The highest BCUT2D eigenvalue weighted by atomic mass is 32.1. The predicted octanol–water partition coefficient (Wildman–Crippen LogP) is 2.08. The number of hydrogen-bond donors (Lipinski definition) is 1. The van der Waals surface area contributed by atoms with Gasteiger partial charge >= 0.3 is 5.97 Å². The third-order valence-corrected chi connectivity index (χ3v) is 2.80. The lowest BCUT2D eigenvalue weighted by molar-refractivity contribution is 0.0691. The lowest BCUT2D eigenvalue weighted by atomic mass is 10.3. The monoisotopic (exact) mass is 214 g/mol. The van der Waals surface area contributed by atoms with Crippen LogP contribution in [0.1, 0.15) is 31.3 Å². The highest BCUT2D eigenvalue weighted by Crippen LogP contribution is 2.22. The Bertz CT molecular complexity index is 322. The quantitative estimate of drug-likeness (QED) is 0.833. The zero-order valence-electron chi connectivity index (χ0n) is 8.52. The van der Waals surface area contributed by atoms with E-state index in [0.717, 1.165) is 11.7 Å². The van der Waals surface area contributed by atoms with Crippen LogP contribution in [-0.2, 0) is 0 Å². The first-order chi connectivity index (χ1) is 6.56. The average Bonchev–Trinajstić information content (AvgIpc) is 2.53. The molecule has 0 saturated carbocycles. The molecule has 0 spiro atoms. The number of aromatic nitrogens is 1. The molecule has 1 N–H and O–H groups in total. The molecule has 0 saturated heterocycles. The summed E-state index contributed by atoms with van der Waals surface area (Å²) in [5.41, 5.74) is 0.129. The van der Waals surface area contributed by atoms with Crippen molar-refractivity contribution < 1.29 is 9.90 Å². The molecule has 1 heterocycles. The van der Waals surface area contributed by atoms with Crippen molar-refractivity contribution >= 4 is 22.4 Å². The third-order valence-electron chi connectivity index (χ3n) is 1.92. The summed E-state index contributed by atoms with van der Waals surface area (Å²) in [4.78, 5) is 16.7. The van der Waals surface area contributed by atoms with E-state index in [4.69, 9.17) is 5.11 Å². The highest BCUT2D eigenvalue weighted by molar-refractivity contribution is 7.13. The Morgan fingerprint density at radius 3 is 2.71 bits per heavy atom. The van der Waals surface area contributed by atoms with Crippen molar-refractivity contribution in [2.75, 3.05) is 11.4 Å². The number of rotatable bonds is 4. The minimum absolute atomic E-state index is 0.129. The van der Waals surface area contributed by atoms with E-state index in [2.05, 4.69) is 23.7 Å². The second kappa shape index (κ2) is 4.41. The molecule has 1 rings (SSSR count). The van der Waals surface area contributed by atoms with E-state index in [9.17, 15) is 4.79 Å². The summed E-state index contributed by atoms with van der Waals surface area (Å²) in [5.74, 6) is -0.965. The number of anilines is 1. The van der Waals surface area contributed by atoms with Gasteiger partial charge in [0.1, 0.15) is 0 Å². The molecule has 78 valence electrons. The van der Waals surface area contributed by atoms with E-state index in [1.54, 1.807) is 5.38 Å². The fraction of sp³-hybridized carbons (Fsp3) is 0.556. The number of thiazole rings is 1. The Kier molecular flexibility index (Phi) is 3.46. The SMILES string of the molecule is CCN(c1nc(C(=O)O)cs1)C(C)C. The van der Waals surface area contributed by atoms with Crippen LogP contribution in [-0.4, -0.2) is 28.6 Å². The van der Waals surface area contributed by atoms with Crippen molar-refractivity contribution in [3.63, 3.8) is 0 Å². The molecule has 0 aliphatic heterocycles. The molecule has 14 heavy (non-hydrogen) atoms. The number of hydrogen-bond acceptors (Lipinski definition) is 4. The van der Waals surface area contributed by atoms with Crippen LogP contribution in [0.3, 0.4) is 0 Å². The fourth-order valence-electron chi connectivity index (χ4n) is 1.22. The first-order valence-corrected chi connectivity index (χ1v) is 5.39. The topological polar surface area (TPSA) is 53.4 Å². The van der Waals surface area contributed by atoms with Crippen molar-refractivity contribution in [2.24, 2.45) is 0 Å². The second-order valence-corrected chi connectivity index (χ2v) is 4.04. The number of carboxylic acids is 1. The molecule has 0 aromatic carbocycles. The van der Waals surface area contributed by atoms with Gasteiger partial charge in [0, 0.05) is 18.0 Å². The summed E-state index contributed by atoms with van der Waals surface area (Å²) >= 11 is 1.37. The fourth-order valence-corrected chi connectivity index (χ4v) is 2.21. The van der Waals surface area contributed by atoms with E-state index in [-0.39, 0.29) is 5.69 Å². The summed E-state index contributed by atoms with van der Waals surface area (Å²) < 4.78 is 0. The Labute approximate surface area is 87.2 Å². The molecule has 0 aliphatic carbocycles. The summed E-state index contributed by atoms with van der Waals surface area (Å²) in [6.07, 6.45) is 0. The first kappa shape index (κ1) is 11.0. The van der Waals surface area contributed by atoms with E-state index in [1.807, 2.05) is 6.92 Å². The molecule has 0 atom stereocenters. The summed E-state index contributed by atoms with van der Waals surface area (Å²) in [5, 5.41) is 11.1. The van der Waals surface area contributed by atoms with Gasteiger partial charge in [-0.25, -0.2) is 9.78 Å². The lowest BCUT2D eigenvalue weighted by Crippen LogP contribution is -2.30. The van der Waals surface area contributed by atoms with Gasteiger partial charge in [0.2, 0.25) is 0 Å². The summed E-state index contributed by atoms with van der Waals surface area (Å²) in [6.45, 7) is 6.99. The Morgan fingerprint density at radius 2 is 2.36 bits per heavy atom. The van der Waals surface area contributed by atoms with E-state index < -0.39 is 5.97 Å². The van der Waals surface area contributed by atoms with Gasteiger partial charge < -0.3 is 10.0 Å². The van der Waals surface area contributed by atoms with Gasteiger partial charge in [0.05, 0.1) is 0 Å². The van der Waals surface area contributed by atoms with Crippen LogP contribution in [0.5, 0.6) is 0 Å². The number of nitrogens with zero attached hydrogens (tertiary/aromatic N) is 2. The first-order valence-electron chi connectivity index (χ1n) is 4.51. The molecule has 0 aliphatic rings. The normalized spacial score (nSPS) is 10.6. The standard InChI is InChI=1S/C9H14N2O2S/c1-4-11(6(2)3)9-10-7(5-14-9)8(12)13/h5-6H,4H2,1-3H3,(H,12,13). The molecule has 0 amide bonds. The van der Waals surface area contributed by atoms with E-state index in [1.165, 1.54) is 11.3 Å². The molecule has 5 heteroatoms. The number of aromatic carboxylic acids is 1. The van der Waals surface area contributed by atoms with Gasteiger partial charge in [-0.1, -0.05) is 0 Å². The predicted molar refractivity (Wildman–Crippen MR) is 57.2 cm³/mol. The second-order valence-electron chi connectivity index (χ2n) is 3.20. The largest absolute Gasteiger partial charge is 0.476 e. The number of carboxylic acid groups (broad SMARTS) is 1. The molecule has 0 radical (unpaired) electrons. The molecule has 4 nitrogen and oxygen atoms in total. The summed E-state index contributed by atoms with van der Waals surface area (Å²) in [6, 6.07) is 0.341. The van der Waals surface area contributed by atoms with Crippen LogP contribution in [0.2, 0.25) is 0 Å². The molecule has 0 fully saturated rings. The van der Waals surface area contributed by atoms with Crippen molar-refractivity contribution in [2.45, 2.75) is 26.8 Å². The maximum atomic E-state index is 10.6. The molecule has 0 unspecified atom stereocenters. The Hall–Kier alpha value is -1.10. The van der Waals surface area contributed by atoms with Crippen LogP contribution < -0.4 is 4.90 Å². The third kappa shape index (κ3) is 2.23. The zero-order valence-corrected chi connectivity index (χ0v) is 9.34. The van der Waals surface area contributed by atoms with Gasteiger partial charge in [-0.2, -0.15) is 0 Å². The van der Waals surface area contributed by atoms with Gasteiger partial charge in [0.15, 0.2) is 10.8 Å². The van der Waals surface area contributed by atoms with Crippen LogP contribution in [0, 0.1) is 0 Å². The average molecular weight is 214 g/mol. The van der Waals surface area contributed by atoms with Gasteiger partial charge in [-0.3, -0.25) is 0 Å². The Balaban J connectivity index is 2.89. The van der Waals surface area contributed by atoms with E-state index in [0.29, 0.717) is 6.04 Å². The van der Waals surface area contributed by atoms with Gasteiger partial charge in [0.25, 0.3) is 0 Å². The highest BCUT2D eigenvalue weighted by Gasteiger charge is 2.14. The van der Waals surface area contributed by atoms with Crippen LogP contribution in [0.25, 0.3) is 0 Å². The molecule has 1 aromatic rings. The van der Waals surface area contributed by atoms with Crippen LogP contribution in [0.4, 0.5) is 5.13 Å². The van der Waals surface area contributed by atoms with Gasteiger partial charge in [-0.15, -0.1) is 11.3 Å². The minimum Gasteiger partial charge on any atom is -0.476 e. The molecule has 0 bridgehead atoms. The van der Waals surface area contributed by atoms with Crippen molar-refractivity contribution in [3.8, 4) is 0 Å². The van der Waals surface area contributed by atoms with E-state index >= 15 is 0 Å². The molecular formula is C9H14N2O2S. The number of carbonyl (C=O) groups is 1. The van der Waals surface area contributed by atoms with Crippen LogP contribution in [0.15, 0.2) is 5.38 Å².